The number of rotatable bonds is 2. The quantitative estimate of drug-likeness (QED) is 0.815. The molecule has 2 aliphatic rings. The van der Waals surface area contributed by atoms with E-state index in [2.05, 4.69) is 0 Å². The molecule has 6 nitrogen and oxygen atoms in total. The SMILES string of the molecule is Cl.NC1(C(=O)N2CCN(C(=O)c3cc4sccc4s3)CC2)CCOCC1. The zero-order chi connectivity index (χ0) is 17.4. The maximum Gasteiger partial charge on any atom is 0.264 e. The van der Waals surface area contributed by atoms with Crippen LogP contribution in [-0.4, -0.2) is 66.5 Å². The monoisotopic (exact) mass is 415 g/mol. The van der Waals surface area contributed by atoms with Crippen molar-refractivity contribution in [2.45, 2.75) is 18.4 Å². The van der Waals surface area contributed by atoms with E-state index in [4.69, 9.17) is 10.5 Å². The first-order valence-electron chi connectivity index (χ1n) is 8.49. The molecule has 2 N–H and O–H groups in total. The van der Waals surface area contributed by atoms with Crippen molar-refractivity contribution >= 4 is 56.3 Å². The van der Waals surface area contributed by atoms with E-state index < -0.39 is 5.54 Å². The van der Waals surface area contributed by atoms with Crippen molar-refractivity contribution in [1.82, 2.24) is 9.80 Å². The van der Waals surface area contributed by atoms with E-state index in [0.29, 0.717) is 52.2 Å². The molecule has 0 aromatic carbocycles. The predicted molar refractivity (Wildman–Crippen MR) is 106 cm³/mol. The van der Waals surface area contributed by atoms with Gasteiger partial charge in [0.1, 0.15) is 0 Å². The molecule has 0 radical (unpaired) electrons. The van der Waals surface area contributed by atoms with E-state index in [1.165, 1.54) is 11.3 Å². The minimum absolute atomic E-state index is 0. The van der Waals surface area contributed by atoms with Gasteiger partial charge in [0.15, 0.2) is 0 Å². The molecule has 2 saturated heterocycles. The Labute approximate surface area is 166 Å². The molecule has 2 aliphatic heterocycles. The fraction of sp³-hybridized carbons (Fsp3) is 0.529. The summed E-state index contributed by atoms with van der Waals surface area (Å²) in [7, 11) is 0. The summed E-state index contributed by atoms with van der Waals surface area (Å²) >= 11 is 3.19. The van der Waals surface area contributed by atoms with Gasteiger partial charge in [0.2, 0.25) is 5.91 Å². The maximum atomic E-state index is 12.7. The Morgan fingerprint density at radius 1 is 1.08 bits per heavy atom. The number of hydrogen-bond donors (Lipinski definition) is 1. The Morgan fingerprint density at radius 3 is 2.38 bits per heavy atom. The van der Waals surface area contributed by atoms with Crippen LogP contribution in [0, 0.1) is 0 Å². The third-order valence-corrected chi connectivity index (χ3v) is 7.10. The van der Waals surface area contributed by atoms with E-state index in [1.807, 2.05) is 27.3 Å². The van der Waals surface area contributed by atoms with E-state index in [9.17, 15) is 9.59 Å². The highest BCUT2D eigenvalue weighted by molar-refractivity contribution is 7.27. The van der Waals surface area contributed by atoms with Crippen LogP contribution in [-0.2, 0) is 9.53 Å². The molecule has 0 aliphatic carbocycles. The second-order valence-corrected chi connectivity index (χ2v) is 8.64. The molecule has 0 unspecified atom stereocenters. The van der Waals surface area contributed by atoms with Crippen molar-refractivity contribution in [2.24, 2.45) is 5.73 Å². The number of halogens is 1. The molecule has 2 amide bonds. The zero-order valence-corrected chi connectivity index (χ0v) is 16.8. The van der Waals surface area contributed by atoms with E-state index in [-0.39, 0.29) is 24.2 Å². The van der Waals surface area contributed by atoms with E-state index in [0.717, 1.165) is 14.3 Å². The Hall–Kier alpha value is -1.19. The molecule has 9 heteroatoms. The van der Waals surface area contributed by atoms with Gasteiger partial charge >= 0.3 is 0 Å². The molecule has 0 bridgehead atoms. The number of carbonyl (C=O) groups excluding carboxylic acids is 2. The second kappa shape index (κ2) is 7.82. The summed E-state index contributed by atoms with van der Waals surface area (Å²) in [5.74, 6) is 0.0635. The number of hydrogen-bond acceptors (Lipinski definition) is 6. The van der Waals surface area contributed by atoms with Crippen LogP contribution in [0.5, 0.6) is 0 Å². The van der Waals surface area contributed by atoms with Gasteiger partial charge in [-0.2, -0.15) is 0 Å². The molecule has 4 heterocycles. The van der Waals surface area contributed by atoms with Crippen molar-refractivity contribution in [3.63, 3.8) is 0 Å². The summed E-state index contributed by atoms with van der Waals surface area (Å²) in [5.41, 5.74) is 5.50. The number of nitrogens with two attached hydrogens (primary N) is 1. The van der Waals surface area contributed by atoms with Crippen LogP contribution in [0.4, 0.5) is 0 Å². The van der Waals surface area contributed by atoms with Gasteiger partial charge < -0.3 is 20.3 Å². The highest BCUT2D eigenvalue weighted by Gasteiger charge is 2.40. The molecule has 2 fully saturated rings. The lowest BCUT2D eigenvalue weighted by Crippen LogP contribution is -2.61. The average molecular weight is 416 g/mol. The molecule has 4 rings (SSSR count). The highest BCUT2D eigenvalue weighted by Crippen LogP contribution is 2.31. The lowest BCUT2D eigenvalue weighted by atomic mass is 9.89. The van der Waals surface area contributed by atoms with Crippen LogP contribution < -0.4 is 5.73 Å². The Balaban J connectivity index is 0.00000196. The van der Waals surface area contributed by atoms with Crippen molar-refractivity contribution < 1.29 is 14.3 Å². The molecule has 0 atom stereocenters. The summed E-state index contributed by atoms with van der Waals surface area (Å²) in [6, 6.07) is 4.02. The molecule has 142 valence electrons. The third kappa shape index (κ3) is 3.61. The van der Waals surface area contributed by atoms with Crippen LogP contribution in [0.3, 0.4) is 0 Å². The summed E-state index contributed by atoms with van der Waals surface area (Å²) in [4.78, 5) is 29.9. The van der Waals surface area contributed by atoms with E-state index in [1.54, 1.807) is 11.3 Å². The smallest absolute Gasteiger partial charge is 0.264 e. The van der Waals surface area contributed by atoms with Gasteiger partial charge in [0.25, 0.3) is 5.91 Å². The summed E-state index contributed by atoms with van der Waals surface area (Å²) in [6.45, 7) is 3.28. The van der Waals surface area contributed by atoms with Gasteiger partial charge in [-0.15, -0.1) is 35.1 Å². The predicted octanol–water partition coefficient (Wildman–Crippen LogP) is 2.18. The lowest BCUT2D eigenvalue weighted by Gasteiger charge is -2.40. The number of carbonyl (C=O) groups is 2. The van der Waals surface area contributed by atoms with Crippen LogP contribution in [0.15, 0.2) is 17.5 Å². The summed E-state index contributed by atoms with van der Waals surface area (Å²) < 4.78 is 7.63. The number of piperazine rings is 1. The van der Waals surface area contributed by atoms with Gasteiger partial charge in [-0.1, -0.05) is 0 Å². The molecule has 2 aromatic rings. The standard InChI is InChI=1S/C17H21N3O3S2.ClH/c18-17(2-8-23-9-3-17)16(22)20-6-4-19(5-7-20)15(21)14-11-13-12(25-14)1-10-24-13;/h1,10-11H,2-9,18H2;1H. The maximum absolute atomic E-state index is 12.7. The van der Waals surface area contributed by atoms with Crippen molar-refractivity contribution in [1.29, 1.82) is 0 Å². The summed E-state index contributed by atoms with van der Waals surface area (Å²) in [6.07, 6.45) is 1.13. The minimum atomic E-state index is -0.803. The Bertz CT molecular complexity index is 764. The summed E-state index contributed by atoms with van der Waals surface area (Å²) in [5, 5.41) is 2.04. The molecule has 0 saturated carbocycles. The fourth-order valence-electron chi connectivity index (χ4n) is 3.40. The molecular weight excluding hydrogens is 394 g/mol. The van der Waals surface area contributed by atoms with Gasteiger partial charge in [0, 0.05) is 48.8 Å². The van der Waals surface area contributed by atoms with Crippen LogP contribution >= 0.6 is 35.1 Å². The first kappa shape index (κ1) is 19.6. The van der Waals surface area contributed by atoms with Gasteiger partial charge in [-0.05, 0) is 30.4 Å². The topological polar surface area (TPSA) is 75.9 Å². The molecule has 2 aromatic heterocycles. The van der Waals surface area contributed by atoms with Crippen LogP contribution in [0.25, 0.3) is 9.40 Å². The Morgan fingerprint density at radius 2 is 1.73 bits per heavy atom. The average Bonchev–Trinajstić information content (AvgIpc) is 3.23. The van der Waals surface area contributed by atoms with Crippen LogP contribution in [0.1, 0.15) is 22.5 Å². The van der Waals surface area contributed by atoms with E-state index >= 15 is 0 Å². The lowest BCUT2D eigenvalue weighted by molar-refractivity contribution is -0.142. The van der Waals surface area contributed by atoms with Crippen molar-refractivity contribution in [2.75, 3.05) is 39.4 Å². The highest BCUT2D eigenvalue weighted by atomic mass is 35.5. The van der Waals surface area contributed by atoms with Crippen molar-refractivity contribution in [3.05, 3.63) is 22.4 Å². The number of amides is 2. The number of thiophene rings is 2. The largest absolute Gasteiger partial charge is 0.381 e. The van der Waals surface area contributed by atoms with Gasteiger partial charge in [0.05, 0.1) is 10.4 Å². The minimum Gasteiger partial charge on any atom is -0.381 e. The van der Waals surface area contributed by atoms with Gasteiger partial charge in [-0.3, -0.25) is 9.59 Å². The zero-order valence-electron chi connectivity index (χ0n) is 14.3. The first-order chi connectivity index (χ1) is 12.1. The molecular formula is C17H22ClN3O3S2. The Kier molecular flexibility index (Phi) is 5.88. The number of ether oxygens (including phenoxy) is 1. The fourth-order valence-corrected chi connectivity index (χ4v) is 5.48. The van der Waals surface area contributed by atoms with Crippen LogP contribution in [0.2, 0.25) is 0 Å². The number of nitrogens with zero attached hydrogens (tertiary/aromatic N) is 2. The normalized spacial score (nSPS) is 20.0. The van der Waals surface area contributed by atoms with Crippen molar-refractivity contribution in [3.8, 4) is 0 Å². The second-order valence-electron chi connectivity index (χ2n) is 6.61. The molecule has 26 heavy (non-hydrogen) atoms. The van der Waals surface area contributed by atoms with Gasteiger partial charge in [-0.25, -0.2) is 0 Å². The first-order valence-corrected chi connectivity index (χ1v) is 10.2. The molecule has 0 spiro atoms. The number of fused-ring (bicyclic) bond motifs is 1. The third-order valence-electron chi connectivity index (χ3n) is 5.02.